The number of likely N-dealkylation sites (tertiary alicyclic amines) is 1. The number of imidazole rings is 1. The number of amides is 1. The molecule has 1 aliphatic heterocycles. The summed E-state index contributed by atoms with van der Waals surface area (Å²) in [5, 5.41) is 0. The second-order valence-electron chi connectivity index (χ2n) is 5.85. The van der Waals surface area contributed by atoms with Crippen molar-refractivity contribution in [1.82, 2.24) is 24.4 Å². The normalized spacial score (nSPS) is 18.1. The Hall–Kier alpha value is -2.64. The van der Waals surface area contributed by atoms with Gasteiger partial charge in [0.1, 0.15) is 12.4 Å². The molecule has 1 aliphatic rings. The third kappa shape index (κ3) is 3.25. The molecule has 3 rings (SSSR count). The van der Waals surface area contributed by atoms with Gasteiger partial charge in [0.15, 0.2) is 0 Å². The lowest BCUT2D eigenvalue weighted by Gasteiger charge is -2.32. The summed E-state index contributed by atoms with van der Waals surface area (Å²) in [5.41, 5.74) is -0.576. The van der Waals surface area contributed by atoms with Gasteiger partial charge in [-0.2, -0.15) is 0 Å². The molecule has 0 aliphatic carbocycles. The van der Waals surface area contributed by atoms with Crippen LogP contribution in [0.2, 0.25) is 0 Å². The number of carbonyl (C=O) groups excluding carboxylic acids is 1. The third-order valence-electron chi connectivity index (χ3n) is 4.17. The summed E-state index contributed by atoms with van der Waals surface area (Å²) in [6.07, 6.45) is 6.79. The highest BCUT2D eigenvalue weighted by molar-refractivity contribution is 5.76. The van der Waals surface area contributed by atoms with E-state index in [-0.39, 0.29) is 18.4 Å². The number of nitrogens with one attached hydrogen (secondary N) is 2. The number of rotatable bonds is 3. The number of hydrogen-bond donors (Lipinski definition) is 2. The molecule has 3 heterocycles. The summed E-state index contributed by atoms with van der Waals surface area (Å²) in [7, 11) is 0. The van der Waals surface area contributed by atoms with Gasteiger partial charge in [-0.1, -0.05) is 0 Å². The van der Waals surface area contributed by atoms with Crippen molar-refractivity contribution in [2.75, 3.05) is 13.1 Å². The molecule has 0 aromatic carbocycles. The summed E-state index contributed by atoms with van der Waals surface area (Å²) < 4.78 is 1.25. The van der Waals surface area contributed by atoms with Crippen molar-refractivity contribution in [2.45, 2.75) is 32.2 Å². The first-order valence-corrected chi connectivity index (χ1v) is 7.62. The first-order valence-electron chi connectivity index (χ1n) is 7.62. The van der Waals surface area contributed by atoms with Crippen molar-refractivity contribution < 1.29 is 4.79 Å². The fourth-order valence-corrected chi connectivity index (χ4v) is 2.91. The van der Waals surface area contributed by atoms with Crippen molar-refractivity contribution in [3.05, 3.63) is 50.8 Å². The van der Waals surface area contributed by atoms with Crippen molar-refractivity contribution in [2.24, 2.45) is 0 Å². The second kappa shape index (κ2) is 6.23. The molecule has 2 aromatic rings. The molecule has 2 aromatic heterocycles. The quantitative estimate of drug-likeness (QED) is 0.830. The molecule has 1 unspecified atom stereocenters. The van der Waals surface area contributed by atoms with Crippen LogP contribution in [-0.2, 0) is 11.3 Å². The monoisotopic (exact) mass is 317 g/mol. The molecule has 1 atom stereocenters. The summed E-state index contributed by atoms with van der Waals surface area (Å²) >= 11 is 0. The Balaban J connectivity index is 1.72. The zero-order valence-corrected chi connectivity index (χ0v) is 12.9. The van der Waals surface area contributed by atoms with E-state index in [2.05, 4.69) is 15.0 Å². The average molecular weight is 317 g/mol. The number of H-pyrrole nitrogens is 2. The number of nitrogens with zero attached hydrogens (tertiary/aromatic N) is 3. The zero-order valence-electron chi connectivity index (χ0n) is 12.9. The molecule has 1 saturated heterocycles. The number of aromatic nitrogens is 4. The summed E-state index contributed by atoms with van der Waals surface area (Å²) in [5.74, 6) is 0.950. The lowest BCUT2D eigenvalue weighted by Crippen LogP contribution is -2.43. The van der Waals surface area contributed by atoms with Gasteiger partial charge in [0.25, 0.3) is 5.56 Å². The van der Waals surface area contributed by atoms with Gasteiger partial charge in [0, 0.05) is 43.2 Å². The summed E-state index contributed by atoms with van der Waals surface area (Å²) in [4.78, 5) is 47.0. The number of aromatic amines is 2. The molecule has 0 saturated carbocycles. The van der Waals surface area contributed by atoms with Crippen LogP contribution in [0.4, 0.5) is 0 Å². The Kier molecular flexibility index (Phi) is 4.14. The van der Waals surface area contributed by atoms with Gasteiger partial charge < -0.3 is 9.88 Å². The highest BCUT2D eigenvalue weighted by Crippen LogP contribution is 2.24. The van der Waals surface area contributed by atoms with Crippen LogP contribution >= 0.6 is 0 Å². The lowest BCUT2D eigenvalue weighted by molar-refractivity contribution is -0.133. The number of hydrogen-bond acceptors (Lipinski definition) is 4. The molecule has 1 amide bonds. The van der Waals surface area contributed by atoms with Gasteiger partial charge in [0.05, 0.1) is 0 Å². The van der Waals surface area contributed by atoms with E-state index in [1.54, 1.807) is 24.2 Å². The highest BCUT2D eigenvalue weighted by Gasteiger charge is 2.26. The van der Waals surface area contributed by atoms with Gasteiger partial charge >= 0.3 is 5.69 Å². The Bertz CT molecular complexity index is 805. The van der Waals surface area contributed by atoms with E-state index in [1.807, 2.05) is 0 Å². The molecular formula is C15H19N5O3. The van der Waals surface area contributed by atoms with Crippen molar-refractivity contribution >= 4 is 5.91 Å². The molecule has 2 N–H and O–H groups in total. The van der Waals surface area contributed by atoms with Gasteiger partial charge in [-0.3, -0.25) is 19.1 Å². The van der Waals surface area contributed by atoms with Crippen LogP contribution in [0.1, 0.15) is 30.1 Å². The number of carbonyl (C=O) groups is 1. The molecule has 0 radical (unpaired) electrons. The van der Waals surface area contributed by atoms with Gasteiger partial charge in [-0.05, 0) is 19.8 Å². The topological polar surface area (TPSA) is 104 Å². The standard InChI is InChI=1S/C15H19N5O3/c1-10-7-20(15(23)18-14(10)22)9-12(21)19-6-2-3-11(8-19)13-16-4-5-17-13/h4-5,7,11H,2-3,6,8-9H2,1H3,(H,16,17)(H,18,22,23). The maximum absolute atomic E-state index is 12.5. The molecule has 1 fully saturated rings. The van der Waals surface area contributed by atoms with Crippen molar-refractivity contribution in [3.63, 3.8) is 0 Å². The van der Waals surface area contributed by atoms with Crippen LogP contribution in [0.25, 0.3) is 0 Å². The molecule has 8 heteroatoms. The van der Waals surface area contributed by atoms with E-state index in [9.17, 15) is 14.4 Å². The van der Waals surface area contributed by atoms with E-state index < -0.39 is 11.2 Å². The van der Waals surface area contributed by atoms with Gasteiger partial charge in [-0.25, -0.2) is 9.78 Å². The van der Waals surface area contributed by atoms with Crippen LogP contribution < -0.4 is 11.2 Å². The number of piperidine rings is 1. The second-order valence-corrected chi connectivity index (χ2v) is 5.85. The molecule has 0 spiro atoms. The highest BCUT2D eigenvalue weighted by atomic mass is 16.2. The fraction of sp³-hybridized carbons (Fsp3) is 0.467. The van der Waals surface area contributed by atoms with E-state index in [4.69, 9.17) is 0 Å². The van der Waals surface area contributed by atoms with Crippen molar-refractivity contribution in [1.29, 1.82) is 0 Å². The lowest BCUT2D eigenvalue weighted by atomic mass is 9.97. The minimum absolute atomic E-state index is 0.0681. The Morgan fingerprint density at radius 1 is 1.43 bits per heavy atom. The van der Waals surface area contributed by atoms with E-state index in [0.29, 0.717) is 18.7 Å². The Morgan fingerprint density at radius 2 is 2.26 bits per heavy atom. The van der Waals surface area contributed by atoms with E-state index in [0.717, 1.165) is 18.7 Å². The Morgan fingerprint density at radius 3 is 3.00 bits per heavy atom. The molecule has 8 nitrogen and oxygen atoms in total. The van der Waals surface area contributed by atoms with Crippen LogP contribution in [0.3, 0.4) is 0 Å². The summed E-state index contributed by atoms with van der Waals surface area (Å²) in [6, 6.07) is 0. The van der Waals surface area contributed by atoms with Gasteiger partial charge in [-0.15, -0.1) is 0 Å². The van der Waals surface area contributed by atoms with Crippen LogP contribution in [0.15, 0.2) is 28.2 Å². The molecular weight excluding hydrogens is 298 g/mol. The minimum atomic E-state index is -0.562. The van der Waals surface area contributed by atoms with Gasteiger partial charge in [0.2, 0.25) is 5.91 Å². The summed E-state index contributed by atoms with van der Waals surface area (Å²) in [6.45, 7) is 2.80. The van der Waals surface area contributed by atoms with E-state index >= 15 is 0 Å². The maximum atomic E-state index is 12.5. The van der Waals surface area contributed by atoms with Crippen LogP contribution in [0, 0.1) is 6.92 Å². The van der Waals surface area contributed by atoms with Crippen LogP contribution in [-0.4, -0.2) is 43.4 Å². The van der Waals surface area contributed by atoms with Crippen LogP contribution in [0.5, 0.6) is 0 Å². The van der Waals surface area contributed by atoms with E-state index in [1.165, 1.54) is 10.8 Å². The van der Waals surface area contributed by atoms with Crippen molar-refractivity contribution in [3.8, 4) is 0 Å². The number of aryl methyl sites for hydroxylation is 1. The first-order chi connectivity index (χ1) is 11.0. The molecule has 0 bridgehead atoms. The average Bonchev–Trinajstić information content (AvgIpc) is 3.07. The third-order valence-corrected chi connectivity index (χ3v) is 4.17. The first kappa shape index (κ1) is 15.3. The largest absolute Gasteiger partial charge is 0.348 e. The molecule has 23 heavy (non-hydrogen) atoms. The molecule has 122 valence electrons. The smallest absolute Gasteiger partial charge is 0.328 e. The zero-order chi connectivity index (χ0) is 16.4. The fourth-order valence-electron chi connectivity index (χ4n) is 2.91. The Labute approximate surface area is 132 Å². The minimum Gasteiger partial charge on any atom is -0.348 e. The predicted molar refractivity (Wildman–Crippen MR) is 83.2 cm³/mol. The SMILES string of the molecule is Cc1cn(CC(=O)N2CCCC(c3ncc[nH]3)C2)c(=O)[nH]c1=O. The maximum Gasteiger partial charge on any atom is 0.328 e. The predicted octanol–water partition coefficient (Wildman–Crippen LogP) is -0.0257.